The lowest BCUT2D eigenvalue weighted by Gasteiger charge is -2.22. The van der Waals surface area contributed by atoms with Gasteiger partial charge in [0, 0.05) is 38.3 Å². The van der Waals surface area contributed by atoms with E-state index in [1.54, 1.807) is 18.2 Å². The fourth-order valence-electron chi connectivity index (χ4n) is 3.09. The highest BCUT2D eigenvalue weighted by molar-refractivity contribution is 6.42. The molecule has 134 valence electrons. The van der Waals surface area contributed by atoms with E-state index in [0.717, 1.165) is 32.6 Å². The molecule has 1 aliphatic rings. The van der Waals surface area contributed by atoms with Gasteiger partial charge in [0.15, 0.2) is 0 Å². The Morgan fingerprint density at radius 1 is 1.00 bits per heavy atom. The minimum Gasteiger partial charge on any atom is -0.337 e. The van der Waals surface area contributed by atoms with Crippen LogP contribution in [0.2, 0.25) is 10.0 Å². The Bertz CT molecular complexity index is 830. The van der Waals surface area contributed by atoms with Crippen LogP contribution in [0.1, 0.15) is 27.9 Å². The van der Waals surface area contributed by atoms with E-state index < -0.39 is 0 Å². The van der Waals surface area contributed by atoms with Crippen LogP contribution in [-0.2, 0) is 6.54 Å². The summed E-state index contributed by atoms with van der Waals surface area (Å²) in [7, 11) is 0. The van der Waals surface area contributed by atoms with E-state index in [4.69, 9.17) is 28.5 Å². The van der Waals surface area contributed by atoms with Crippen LogP contribution >= 0.6 is 23.2 Å². The van der Waals surface area contributed by atoms with Gasteiger partial charge in [-0.05, 0) is 42.3 Å². The van der Waals surface area contributed by atoms with Crippen molar-refractivity contribution in [2.45, 2.75) is 13.0 Å². The average molecular weight is 388 g/mol. The van der Waals surface area contributed by atoms with Gasteiger partial charge in [-0.2, -0.15) is 5.26 Å². The number of carbonyl (C=O) groups is 1. The molecule has 4 nitrogen and oxygen atoms in total. The quantitative estimate of drug-likeness (QED) is 0.791. The van der Waals surface area contributed by atoms with Crippen molar-refractivity contribution in [3.05, 3.63) is 69.2 Å². The van der Waals surface area contributed by atoms with Gasteiger partial charge in [0.1, 0.15) is 0 Å². The van der Waals surface area contributed by atoms with Gasteiger partial charge in [-0.1, -0.05) is 35.3 Å². The number of hydrogen-bond donors (Lipinski definition) is 0. The highest BCUT2D eigenvalue weighted by Gasteiger charge is 2.21. The van der Waals surface area contributed by atoms with Gasteiger partial charge in [0.25, 0.3) is 5.91 Å². The van der Waals surface area contributed by atoms with E-state index in [1.807, 2.05) is 29.2 Å². The summed E-state index contributed by atoms with van der Waals surface area (Å²) in [5, 5.41) is 9.73. The Morgan fingerprint density at radius 2 is 1.77 bits per heavy atom. The molecule has 2 aromatic rings. The molecule has 0 N–H and O–H groups in total. The number of halogens is 2. The lowest BCUT2D eigenvalue weighted by Crippen LogP contribution is -2.35. The molecule has 1 aliphatic heterocycles. The fraction of sp³-hybridized carbons (Fsp3) is 0.300. The van der Waals surface area contributed by atoms with Gasteiger partial charge in [-0.3, -0.25) is 9.69 Å². The summed E-state index contributed by atoms with van der Waals surface area (Å²) in [4.78, 5) is 16.9. The molecule has 0 aliphatic carbocycles. The molecule has 26 heavy (non-hydrogen) atoms. The first kappa shape index (κ1) is 18.7. The van der Waals surface area contributed by atoms with Crippen LogP contribution in [0.15, 0.2) is 42.5 Å². The monoisotopic (exact) mass is 387 g/mol. The number of benzene rings is 2. The van der Waals surface area contributed by atoms with Gasteiger partial charge >= 0.3 is 0 Å². The summed E-state index contributed by atoms with van der Waals surface area (Å²) < 4.78 is 0. The summed E-state index contributed by atoms with van der Waals surface area (Å²) in [6, 6.07) is 14.8. The lowest BCUT2D eigenvalue weighted by atomic mass is 10.1. The maximum absolute atomic E-state index is 12.7. The summed E-state index contributed by atoms with van der Waals surface area (Å²) in [5.74, 6) is -0.0104. The van der Waals surface area contributed by atoms with Crippen LogP contribution in [0.4, 0.5) is 0 Å². The minimum absolute atomic E-state index is 0.0104. The zero-order valence-corrected chi connectivity index (χ0v) is 15.8. The van der Waals surface area contributed by atoms with Crippen LogP contribution in [0, 0.1) is 11.3 Å². The molecule has 1 saturated heterocycles. The highest BCUT2D eigenvalue weighted by atomic mass is 35.5. The topological polar surface area (TPSA) is 47.3 Å². The Balaban J connectivity index is 1.61. The average Bonchev–Trinajstić information content (AvgIpc) is 2.89. The molecule has 0 atom stereocenters. The van der Waals surface area contributed by atoms with Gasteiger partial charge in [0.05, 0.1) is 21.7 Å². The summed E-state index contributed by atoms with van der Waals surface area (Å²) in [6.45, 7) is 3.97. The largest absolute Gasteiger partial charge is 0.337 e. The highest BCUT2D eigenvalue weighted by Crippen LogP contribution is 2.23. The van der Waals surface area contributed by atoms with Crippen LogP contribution in [-0.4, -0.2) is 41.9 Å². The van der Waals surface area contributed by atoms with E-state index in [1.165, 1.54) is 5.56 Å². The van der Waals surface area contributed by atoms with Gasteiger partial charge < -0.3 is 4.90 Å². The first-order valence-electron chi connectivity index (χ1n) is 8.52. The van der Waals surface area contributed by atoms with Crippen LogP contribution in [0.25, 0.3) is 0 Å². The molecular formula is C20H19Cl2N3O. The summed E-state index contributed by atoms with van der Waals surface area (Å²) >= 11 is 12.0. The van der Waals surface area contributed by atoms with E-state index in [2.05, 4.69) is 11.0 Å². The predicted molar refractivity (Wildman–Crippen MR) is 103 cm³/mol. The van der Waals surface area contributed by atoms with Crippen LogP contribution < -0.4 is 0 Å². The first-order chi connectivity index (χ1) is 12.6. The minimum atomic E-state index is -0.0104. The van der Waals surface area contributed by atoms with E-state index >= 15 is 0 Å². The lowest BCUT2D eigenvalue weighted by molar-refractivity contribution is 0.0761. The number of hydrogen-bond acceptors (Lipinski definition) is 3. The van der Waals surface area contributed by atoms with Crippen LogP contribution in [0.5, 0.6) is 0 Å². The molecule has 1 fully saturated rings. The standard InChI is InChI=1S/C20H19Cl2N3O/c21-18-7-6-17(12-19(18)22)20(26)25-9-1-8-24(10-11-25)14-16-4-2-15(13-23)3-5-16/h2-7,12H,1,8-11,14H2. The number of amides is 1. The van der Waals surface area contributed by atoms with Crippen molar-refractivity contribution in [2.24, 2.45) is 0 Å². The molecule has 0 saturated carbocycles. The summed E-state index contributed by atoms with van der Waals surface area (Å²) in [6.07, 6.45) is 0.920. The SMILES string of the molecule is N#Cc1ccc(CN2CCCN(C(=O)c3ccc(Cl)c(Cl)c3)CC2)cc1. The molecule has 0 bridgehead atoms. The zero-order valence-electron chi connectivity index (χ0n) is 14.3. The first-order valence-corrected chi connectivity index (χ1v) is 9.28. The zero-order chi connectivity index (χ0) is 18.5. The van der Waals surface area contributed by atoms with E-state index in [9.17, 15) is 4.79 Å². The number of nitriles is 1. The second kappa shape index (κ2) is 8.55. The molecule has 0 aromatic heterocycles. The third kappa shape index (κ3) is 4.56. The van der Waals surface area contributed by atoms with Crippen molar-refractivity contribution in [2.75, 3.05) is 26.2 Å². The predicted octanol–water partition coefficient (Wildman–Crippen LogP) is 4.21. The van der Waals surface area contributed by atoms with Crippen molar-refractivity contribution in [3.8, 4) is 6.07 Å². The Kier molecular flexibility index (Phi) is 6.16. The Labute approximate surface area is 163 Å². The van der Waals surface area contributed by atoms with Gasteiger partial charge in [0.2, 0.25) is 0 Å². The normalized spacial score (nSPS) is 15.3. The number of nitrogens with zero attached hydrogens (tertiary/aromatic N) is 3. The third-order valence-electron chi connectivity index (χ3n) is 4.53. The molecule has 1 amide bonds. The smallest absolute Gasteiger partial charge is 0.253 e. The molecule has 1 heterocycles. The number of rotatable bonds is 3. The van der Waals surface area contributed by atoms with Crippen molar-refractivity contribution >= 4 is 29.1 Å². The van der Waals surface area contributed by atoms with Crippen LogP contribution in [0.3, 0.4) is 0 Å². The fourth-order valence-corrected chi connectivity index (χ4v) is 3.38. The maximum Gasteiger partial charge on any atom is 0.253 e. The molecule has 0 spiro atoms. The second-order valence-electron chi connectivity index (χ2n) is 6.36. The van der Waals surface area contributed by atoms with Crippen molar-refractivity contribution in [1.29, 1.82) is 5.26 Å². The maximum atomic E-state index is 12.7. The Morgan fingerprint density at radius 3 is 2.46 bits per heavy atom. The van der Waals surface area contributed by atoms with Gasteiger partial charge in [-0.15, -0.1) is 0 Å². The van der Waals surface area contributed by atoms with Gasteiger partial charge in [-0.25, -0.2) is 0 Å². The molecule has 0 unspecified atom stereocenters. The molecule has 0 radical (unpaired) electrons. The molecule has 2 aromatic carbocycles. The van der Waals surface area contributed by atoms with Crippen molar-refractivity contribution in [1.82, 2.24) is 9.80 Å². The summed E-state index contributed by atoms with van der Waals surface area (Å²) in [5.41, 5.74) is 2.41. The molecule has 6 heteroatoms. The van der Waals surface area contributed by atoms with Crippen molar-refractivity contribution in [3.63, 3.8) is 0 Å². The molecular weight excluding hydrogens is 369 g/mol. The van der Waals surface area contributed by atoms with E-state index in [0.29, 0.717) is 27.7 Å². The number of carbonyl (C=O) groups excluding carboxylic acids is 1. The van der Waals surface area contributed by atoms with E-state index in [-0.39, 0.29) is 5.91 Å². The Hall–Kier alpha value is -2.06. The second-order valence-corrected chi connectivity index (χ2v) is 7.17. The van der Waals surface area contributed by atoms with Crippen molar-refractivity contribution < 1.29 is 4.79 Å². The molecule has 3 rings (SSSR count). The third-order valence-corrected chi connectivity index (χ3v) is 5.27.